The standard InChI is InChI=1S/C46H25N3OS/c1-2-13-27-26(12-1)24-25-33-39-31-16-4-8-21-36(31)49(43(39)41-32-17-6-10-23-38(32)51-45(41)40(27)33)46-47-35-20-7-3-15-30(35)42(48-46)34-19-11-18-29-28-14-5-9-22-37(28)50-44(29)34/h1-25H. The van der Waals surface area contributed by atoms with Crippen LogP contribution in [0.5, 0.6) is 0 Å². The summed E-state index contributed by atoms with van der Waals surface area (Å²) in [5.74, 6) is 0.639. The summed E-state index contributed by atoms with van der Waals surface area (Å²) >= 11 is 1.87. The second kappa shape index (κ2) is 10.0. The van der Waals surface area contributed by atoms with E-state index in [4.69, 9.17) is 14.4 Å². The average molecular weight is 668 g/mol. The van der Waals surface area contributed by atoms with E-state index in [9.17, 15) is 0 Å². The summed E-state index contributed by atoms with van der Waals surface area (Å²) in [6, 6.07) is 53.8. The molecular weight excluding hydrogens is 643 g/mol. The first-order valence-electron chi connectivity index (χ1n) is 17.2. The molecule has 4 nitrogen and oxygen atoms in total. The van der Waals surface area contributed by atoms with Gasteiger partial charge in [-0.1, -0.05) is 121 Å². The van der Waals surface area contributed by atoms with Crippen LogP contribution in [0.2, 0.25) is 0 Å². The van der Waals surface area contributed by atoms with Gasteiger partial charge in [-0.3, -0.25) is 4.57 Å². The Morgan fingerprint density at radius 2 is 1.22 bits per heavy atom. The molecule has 4 heterocycles. The Hall–Kier alpha value is -6.56. The maximum atomic E-state index is 6.57. The molecule has 0 spiro atoms. The fourth-order valence-electron chi connectivity index (χ4n) is 8.44. The maximum Gasteiger partial charge on any atom is 0.235 e. The number of para-hydroxylation sites is 4. The van der Waals surface area contributed by atoms with E-state index in [1.54, 1.807) is 0 Å². The van der Waals surface area contributed by atoms with Crippen LogP contribution in [0.4, 0.5) is 0 Å². The fraction of sp³-hybridized carbons (Fsp3) is 0. The SMILES string of the molecule is c1ccc2c(c1)ccc1c2c2sc3ccccc3c2c2c1c1ccccc1n2-c1nc(-c2cccc3c2oc2ccccc23)c2ccccc2n1. The molecule has 5 heteroatoms. The highest BCUT2D eigenvalue weighted by atomic mass is 32.1. The Morgan fingerprint density at radius 3 is 2.14 bits per heavy atom. The van der Waals surface area contributed by atoms with Gasteiger partial charge in [0.25, 0.3) is 0 Å². The molecule has 51 heavy (non-hydrogen) atoms. The molecule has 12 rings (SSSR count). The number of nitrogens with zero attached hydrogens (tertiary/aromatic N) is 3. The van der Waals surface area contributed by atoms with Gasteiger partial charge >= 0.3 is 0 Å². The van der Waals surface area contributed by atoms with Crippen LogP contribution in [0.25, 0.3) is 114 Å². The Labute approximate surface area is 294 Å². The molecule has 0 fully saturated rings. The van der Waals surface area contributed by atoms with E-state index in [2.05, 4.69) is 144 Å². The van der Waals surface area contributed by atoms with Crippen LogP contribution in [-0.4, -0.2) is 14.5 Å². The molecule has 236 valence electrons. The highest BCUT2D eigenvalue weighted by Gasteiger charge is 2.25. The molecule has 0 aliphatic rings. The molecule has 0 bridgehead atoms. The van der Waals surface area contributed by atoms with Gasteiger partial charge in [-0.15, -0.1) is 11.3 Å². The summed E-state index contributed by atoms with van der Waals surface area (Å²) in [5, 5.41) is 13.1. The minimum absolute atomic E-state index is 0.639. The summed E-state index contributed by atoms with van der Waals surface area (Å²) in [5.41, 5.74) is 6.60. The van der Waals surface area contributed by atoms with Crippen molar-refractivity contribution in [2.75, 3.05) is 0 Å². The van der Waals surface area contributed by atoms with Gasteiger partial charge in [-0.2, -0.15) is 0 Å². The van der Waals surface area contributed by atoms with Crippen LogP contribution in [0, 0.1) is 0 Å². The first kappa shape index (κ1) is 27.3. The number of hydrogen-bond acceptors (Lipinski definition) is 4. The summed E-state index contributed by atoms with van der Waals surface area (Å²) in [7, 11) is 0. The van der Waals surface area contributed by atoms with Gasteiger partial charge < -0.3 is 4.42 Å². The number of benzene rings is 8. The van der Waals surface area contributed by atoms with Gasteiger partial charge in [0.05, 0.1) is 22.2 Å². The van der Waals surface area contributed by atoms with Crippen molar-refractivity contribution in [2.24, 2.45) is 0 Å². The molecule has 0 aliphatic carbocycles. The topological polar surface area (TPSA) is 43.9 Å². The molecule has 0 saturated carbocycles. The number of thiophene rings is 1. The van der Waals surface area contributed by atoms with Crippen LogP contribution in [0.3, 0.4) is 0 Å². The average Bonchev–Trinajstić information content (AvgIpc) is 3.87. The van der Waals surface area contributed by atoms with Crippen molar-refractivity contribution in [2.45, 2.75) is 0 Å². The Bertz CT molecular complexity index is 3440. The number of furan rings is 1. The van der Waals surface area contributed by atoms with Crippen molar-refractivity contribution < 1.29 is 4.42 Å². The van der Waals surface area contributed by atoms with Gasteiger partial charge in [0, 0.05) is 58.1 Å². The summed E-state index contributed by atoms with van der Waals surface area (Å²) in [6.07, 6.45) is 0. The number of hydrogen-bond donors (Lipinski definition) is 0. The molecule has 4 aromatic heterocycles. The van der Waals surface area contributed by atoms with Crippen LogP contribution >= 0.6 is 11.3 Å². The molecule has 8 aromatic carbocycles. The van der Waals surface area contributed by atoms with E-state index in [0.29, 0.717) is 5.95 Å². The minimum atomic E-state index is 0.639. The lowest BCUT2D eigenvalue weighted by Gasteiger charge is -2.13. The largest absolute Gasteiger partial charge is 0.455 e. The molecular formula is C46H25N3OS. The number of aromatic nitrogens is 3. The first-order chi connectivity index (χ1) is 25.3. The molecule has 0 N–H and O–H groups in total. The summed E-state index contributed by atoms with van der Waals surface area (Å²) < 4.78 is 11.4. The van der Waals surface area contributed by atoms with E-state index in [1.807, 2.05) is 23.5 Å². The monoisotopic (exact) mass is 667 g/mol. The molecule has 0 aliphatic heterocycles. The van der Waals surface area contributed by atoms with Gasteiger partial charge in [-0.05, 0) is 46.5 Å². The van der Waals surface area contributed by atoms with Gasteiger partial charge in [-0.25, -0.2) is 9.97 Å². The van der Waals surface area contributed by atoms with Gasteiger partial charge in [0.1, 0.15) is 11.2 Å². The molecule has 0 radical (unpaired) electrons. The highest BCUT2D eigenvalue weighted by Crippen LogP contribution is 2.49. The number of fused-ring (bicyclic) bond motifs is 16. The lowest BCUT2D eigenvalue weighted by atomic mass is 9.95. The predicted octanol–water partition coefficient (Wildman–Crippen LogP) is 13.0. The van der Waals surface area contributed by atoms with Gasteiger partial charge in [0.15, 0.2) is 0 Å². The van der Waals surface area contributed by atoms with E-state index >= 15 is 0 Å². The van der Waals surface area contributed by atoms with Gasteiger partial charge in [0.2, 0.25) is 5.95 Å². The molecule has 0 unspecified atom stereocenters. The predicted molar refractivity (Wildman–Crippen MR) is 214 cm³/mol. The second-order valence-electron chi connectivity index (χ2n) is 13.3. The lowest BCUT2D eigenvalue weighted by Crippen LogP contribution is -2.03. The van der Waals surface area contributed by atoms with Crippen molar-refractivity contribution in [3.63, 3.8) is 0 Å². The van der Waals surface area contributed by atoms with E-state index < -0.39 is 0 Å². The second-order valence-corrected chi connectivity index (χ2v) is 14.3. The lowest BCUT2D eigenvalue weighted by molar-refractivity contribution is 0.670. The first-order valence-corrected chi connectivity index (χ1v) is 18.0. The van der Waals surface area contributed by atoms with Crippen molar-refractivity contribution in [1.82, 2.24) is 14.5 Å². The van der Waals surface area contributed by atoms with Crippen molar-refractivity contribution in [3.05, 3.63) is 152 Å². The summed E-state index contributed by atoms with van der Waals surface area (Å²) in [4.78, 5) is 10.9. The molecule has 12 aromatic rings. The Morgan fingerprint density at radius 1 is 0.490 bits per heavy atom. The smallest absolute Gasteiger partial charge is 0.235 e. The zero-order valence-corrected chi connectivity index (χ0v) is 27.9. The molecule has 0 atom stereocenters. The van der Waals surface area contributed by atoms with Crippen LogP contribution in [0.15, 0.2) is 156 Å². The maximum absolute atomic E-state index is 6.57. The van der Waals surface area contributed by atoms with Crippen molar-refractivity contribution in [1.29, 1.82) is 0 Å². The van der Waals surface area contributed by atoms with E-state index in [-0.39, 0.29) is 0 Å². The normalized spacial score (nSPS) is 12.3. The third-order valence-electron chi connectivity index (χ3n) is 10.6. The quantitative estimate of drug-likeness (QED) is 0.172. The number of rotatable bonds is 2. The van der Waals surface area contributed by atoms with E-state index in [1.165, 1.54) is 52.5 Å². The zero-order chi connectivity index (χ0) is 33.2. The van der Waals surface area contributed by atoms with Crippen molar-refractivity contribution in [3.8, 4) is 17.2 Å². The van der Waals surface area contributed by atoms with E-state index in [0.717, 1.165) is 55.1 Å². The summed E-state index contributed by atoms with van der Waals surface area (Å²) in [6.45, 7) is 0. The highest BCUT2D eigenvalue weighted by molar-refractivity contribution is 7.27. The third kappa shape index (κ3) is 3.63. The van der Waals surface area contributed by atoms with Crippen LogP contribution in [0.1, 0.15) is 0 Å². The molecule has 0 saturated heterocycles. The Kier molecular flexibility index (Phi) is 5.35. The third-order valence-corrected chi connectivity index (χ3v) is 11.8. The fourth-order valence-corrected chi connectivity index (χ4v) is 9.72. The minimum Gasteiger partial charge on any atom is -0.455 e. The molecule has 0 amide bonds. The van der Waals surface area contributed by atoms with Crippen molar-refractivity contribution >= 4 is 108 Å². The zero-order valence-electron chi connectivity index (χ0n) is 27.1. The van der Waals surface area contributed by atoms with Crippen LogP contribution in [-0.2, 0) is 0 Å². The van der Waals surface area contributed by atoms with Crippen LogP contribution < -0.4 is 0 Å². The Balaban J connectivity index is 1.29.